The summed E-state index contributed by atoms with van der Waals surface area (Å²) < 4.78 is 31.0. The quantitative estimate of drug-likeness (QED) is 0.739. The highest BCUT2D eigenvalue weighted by Crippen LogP contribution is 2.21. The standard InChI is InChI=1S/C19H25N3O4S2/c1-14-21-16(13-27-14)12-26-18-8-6-15(7-9-18)19(23)22-10-4-3-5-17(22)11-20-28(2,24)25/h6-9,13,17,20H,3-5,10-12H2,1-2H3. The van der Waals surface area contributed by atoms with Gasteiger partial charge in [0, 0.05) is 30.1 Å². The molecule has 28 heavy (non-hydrogen) atoms. The number of nitrogens with zero attached hydrogens (tertiary/aromatic N) is 2. The lowest BCUT2D eigenvalue weighted by Crippen LogP contribution is -2.49. The Kier molecular flexibility index (Phi) is 6.69. The van der Waals surface area contributed by atoms with E-state index >= 15 is 0 Å². The minimum Gasteiger partial charge on any atom is -0.487 e. The largest absolute Gasteiger partial charge is 0.487 e. The summed E-state index contributed by atoms with van der Waals surface area (Å²) in [4.78, 5) is 19.1. The van der Waals surface area contributed by atoms with Gasteiger partial charge < -0.3 is 9.64 Å². The third-order valence-electron chi connectivity index (χ3n) is 4.62. The van der Waals surface area contributed by atoms with E-state index < -0.39 is 10.0 Å². The molecule has 3 rings (SSSR count). The van der Waals surface area contributed by atoms with Crippen LogP contribution in [-0.2, 0) is 16.6 Å². The van der Waals surface area contributed by atoms with Crippen LogP contribution in [0.15, 0.2) is 29.6 Å². The zero-order valence-electron chi connectivity index (χ0n) is 16.1. The fourth-order valence-electron chi connectivity index (χ4n) is 3.22. The second-order valence-corrected chi connectivity index (χ2v) is 9.83. The monoisotopic (exact) mass is 423 g/mol. The van der Waals surface area contributed by atoms with Crippen LogP contribution in [0.1, 0.15) is 40.3 Å². The molecule has 1 unspecified atom stereocenters. The van der Waals surface area contributed by atoms with Crippen LogP contribution in [0.3, 0.4) is 0 Å². The van der Waals surface area contributed by atoms with Gasteiger partial charge in [0.15, 0.2) is 0 Å². The number of piperidine rings is 1. The number of hydrogen-bond acceptors (Lipinski definition) is 6. The van der Waals surface area contributed by atoms with Crippen LogP contribution >= 0.6 is 11.3 Å². The first-order chi connectivity index (χ1) is 13.3. The number of carbonyl (C=O) groups excluding carboxylic acids is 1. The predicted octanol–water partition coefficient (Wildman–Crippen LogP) is 2.57. The molecule has 2 aromatic rings. The van der Waals surface area contributed by atoms with Crippen molar-refractivity contribution < 1.29 is 17.9 Å². The second kappa shape index (κ2) is 9.02. The van der Waals surface area contributed by atoms with E-state index in [1.54, 1.807) is 40.5 Å². The van der Waals surface area contributed by atoms with Gasteiger partial charge in [-0.05, 0) is 50.5 Å². The number of ether oxygens (including phenoxy) is 1. The molecule has 152 valence electrons. The molecule has 1 aliphatic rings. The van der Waals surface area contributed by atoms with Gasteiger partial charge in [-0.3, -0.25) is 4.79 Å². The summed E-state index contributed by atoms with van der Waals surface area (Å²) in [6.45, 7) is 3.23. The van der Waals surface area contributed by atoms with Gasteiger partial charge in [-0.15, -0.1) is 11.3 Å². The van der Waals surface area contributed by atoms with Crippen LogP contribution in [0.4, 0.5) is 0 Å². The molecule has 1 N–H and O–H groups in total. The van der Waals surface area contributed by atoms with Gasteiger partial charge in [0.25, 0.3) is 5.91 Å². The predicted molar refractivity (Wildman–Crippen MR) is 109 cm³/mol. The molecular formula is C19H25N3O4S2. The topological polar surface area (TPSA) is 88.6 Å². The van der Waals surface area contributed by atoms with E-state index in [-0.39, 0.29) is 18.5 Å². The number of thiazole rings is 1. The van der Waals surface area contributed by atoms with Crippen LogP contribution < -0.4 is 9.46 Å². The number of aromatic nitrogens is 1. The first kappa shape index (κ1) is 20.8. The molecule has 1 saturated heterocycles. The molecule has 1 amide bonds. The van der Waals surface area contributed by atoms with Gasteiger partial charge in [0.2, 0.25) is 10.0 Å². The van der Waals surface area contributed by atoms with E-state index in [1.807, 2.05) is 12.3 Å². The Morgan fingerprint density at radius 2 is 2.07 bits per heavy atom. The lowest BCUT2D eigenvalue weighted by atomic mass is 10.0. The number of aryl methyl sites for hydroxylation is 1. The van der Waals surface area contributed by atoms with Crippen molar-refractivity contribution in [3.8, 4) is 5.75 Å². The number of sulfonamides is 1. The molecule has 0 spiro atoms. The van der Waals surface area contributed by atoms with Crippen molar-refractivity contribution in [2.45, 2.75) is 38.8 Å². The first-order valence-electron chi connectivity index (χ1n) is 9.21. The number of amides is 1. The van der Waals surface area contributed by atoms with Crippen LogP contribution in [0.5, 0.6) is 5.75 Å². The van der Waals surface area contributed by atoms with Gasteiger partial charge in [-0.2, -0.15) is 0 Å². The average molecular weight is 424 g/mol. The lowest BCUT2D eigenvalue weighted by Gasteiger charge is -2.35. The molecule has 1 fully saturated rings. The van der Waals surface area contributed by atoms with E-state index in [2.05, 4.69) is 9.71 Å². The average Bonchev–Trinajstić information content (AvgIpc) is 3.09. The van der Waals surface area contributed by atoms with E-state index in [0.29, 0.717) is 24.5 Å². The lowest BCUT2D eigenvalue weighted by molar-refractivity contribution is 0.0618. The molecule has 2 heterocycles. The Labute approximate surface area is 169 Å². The number of carbonyl (C=O) groups is 1. The zero-order valence-corrected chi connectivity index (χ0v) is 17.7. The number of hydrogen-bond donors (Lipinski definition) is 1. The third kappa shape index (κ3) is 5.76. The molecule has 0 saturated carbocycles. The van der Waals surface area contributed by atoms with Crippen molar-refractivity contribution in [1.82, 2.24) is 14.6 Å². The highest BCUT2D eigenvalue weighted by Gasteiger charge is 2.28. The Hall–Kier alpha value is -1.97. The van der Waals surface area contributed by atoms with Gasteiger partial charge in [0.05, 0.1) is 17.0 Å². The summed E-state index contributed by atoms with van der Waals surface area (Å²) in [6, 6.07) is 6.93. The summed E-state index contributed by atoms with van der Waals surface area (Å²) in [6.07, 6.45) is 3.84. The Bertz CT molecular complexity index is 910. The molecule has 1 aliphatic heterocycles. The van der Waals surface area contributed by atoms with Crippen molar-refractivity contribution in [2.75, 3.05) is 19.3 Å². The molecule has 7 nitrogen and oxygen atoms in total. The molecule has 0 bridgehead atoms. The summed E-state index contributed by atoms with van der Waals surface area (Å²) >= 11 is 1.58. The van der Waals surface area contributed by atoms with E-state index in [9.17, 15) is 13.2 Å². The molecule has 0 radical (unpaired) electrons. The number of nitrogens with one attached hydrogen (secondary N) is 1. The van der Waals surface area contributed by atoms with Gasteiger partial charge >= 0.3 is 0 Å². The molecule has 0 aliphatic carbocycles. The second-order valence-electron chi connectivity index (χ2n) is 6.94. The summed E-state index contributed by atoms with van der Waals surface area (Å²) in [7, 11) is -3.28. The highest BCUT2D eigenvalue weighted by molar-refractivity contribution is 7.88. The van der Waals surface area contributed by atoms with E-state index in [4.69, 9.17) is 4.74 Å². The molecule has 1 aromatic carbocycles. The van der Waals surface area contributed by atoms with Crippen LogP contribution in [0.25, 0.3) is 0 Å². The fraction of sp³-hybridized carbons (Fsp3) is 0.474. The van der Waals surface area contributed by atoms with Gasteiger partial charge in [-0.1, -0.05) is 0 Å². The normalized spacial score (nSPS) is 17.5. The molecule has 1 atom stereocenters. The Balaban J connectivity index is 1.61. The third-order valence-corrected chi connectivity index (χ3v) is 6.14. The molecule has 1 aromatic heterocycles. The molecular weight excluding hydrogens is 398 g/mol. The summed E-state index contributed by atoms with van der Waals surface area (Å²) in [5.74, 6) is 0.595. The van der Waals surface area contributed by atoms with E-state index in [1.165, 1.54) is 0 Å². The zero-order chi connectivity index (χ0) is 20.1. The van der Waals surface area contributed by atoms with Gasteiger partial charge in [-0.25, -0.2) is 18.1 Å². The fourth-order valence-corrected chi connectivity index (χ4v) is 4.31. The maximum Gasteiger partial charge on any atom is 0.254 e. The Morgan fingerprint density at radius 3 is 2.71 bits per heavy atom. The smallest absolute Gasteiger partial charge is 0.254 e. The van der Waals surface area contributed by atoms with Gasteiger partial charge in [0.1, 0.15) is 12.4 Å². The number of benzene rings is 1. The SMILES string of the molecule is Cc1nc(COc2ccc(C(=O)N3CCCCC3CNS(C)(=O)=O)cc2)cs1. The number of rotatable bonds is 7. The van der Waals surface area contributed by atoms with Crippen LogP contribution in [-0.4, -0.2) is 49.6 Å². The van der Waals surface area contributed by atoms with E-state index in [0.717, 1.165) is 36.2 Å². The number of likely N-dealkylation sites (tertiary alicyclic amines) is 1. The Morgan fingerprint density at radius 1 is 1.32 bits per heavy atom. The minimum atomic E-state index is -3.28. The van der Waals surface area contributed by atoms with Crippen molar-refractivity contribution in [1.29, 1.82) is 0 Å². The van der Waals surface area contributed by atoms with Crippen molar-refractivity contribution in [3.63, 3.8) is 0 Å². The summed E-state index contributed by atoms with van der Waals surface area (Å²) in [5, 5.41) is 2.97. The highest BCUT2D eigenvalue weighted by atomic mass is 32.2. The van der Waals surface area contributed by atoms with Crippen molar-refractivity contribution in [3.05, 3.63) is 45.9 Å². The summed E-state index contributed by atoms with van der Waals surface area (Å²) in [5.41, 5.74) is 1.46. The van der Waals surface area contributed by atoms with Crippen LogP contribution in [0.2, 0.25) is 0 Å². The van der Waals surface area contributed by atoms with Crippen LogP contribution in [0, 0.1) is 6.92 Å². The molecule has 9 heteroatoms. The van der Waals surface area contributed by atoms with Crippen molar-refractivity contribution >= 4 is 27.3 Å². The minimum absolute atomic E-state index is 0.0818. The van der Waals surface area contributed by atoms with Crippen molar-refractivity contribution in [2.24, 2.45) is 0 Å². The first-order valence-corrected chi connectivity index (χ1v) is 12.0. The maximum atomic E-state index is 12.9. The maximum absolute atomic E-state index is 12.9.